The van der Waals surface area contributed by atoms with Gasteiger partial charge in [-0.2, -0.15) is 0 Å². The number of nitrogens with zero attached hydrogens (tertiary/aromatic N) is 5. The fourth-order valence-corrected chi connectivity index (χ4v) is 14.7. The van der Waals surface area contributed by atoms with Gasteiger partial charge >= 0.3 is 0 Å². The number of aliphatic hydroxyl groups excluding tert-OH is 2. The van der Waals surface area contributed by atoms with Gasteiger partial charge in [-0.3, -0.25) is 24.3 Å². The number of amides is 2. The van der Waals surface area contributed by atoms with Crippen LogP contribution in [0.3, 0.4) is 0 Å². The molecule has 2 amide bonds. The smallest absolute Gasteiger partial charge is 0.237 e. The highest BCUT2D eigenvalue weighted by molar-refractivity contribution is 6.09. The van der Waals surface area contributed by atoms with Crippen molar-refractivity contribution in [3.63, 3.8) is 0 Å². The summed E-state index contributed by atoms with van der Waals surface area (Å²) < 4.78 is 0. The highest BCUT2D eigenvalue weighted by atomic mass is 16.3. The van der Waals surface area contributed by atoms with Crippen LogP contribution in [0.1, 0.15) is 103 Å². The Balaban J connectivity index is 0.000000146. The first-order chi connectivity index (χ1) is 34.4. The average molecular weight is 951 g/mol. The lowest BCUT2D eigenvalue weighted by Gasteiger charge is -2.40. The van der Waals surface area contributed by atoms with Gasteiger partial charge in [0, 0.05) is 81.4 Å². The molecule has 0 saturated carbocycles. The molecule has 6 aromatic carbocycles. The molecular weight excluding hydrogens is 881 g/mol. The first kappa shape index (κ1) is 46.6. The van der Waals surface area contributed by atoms with Crippen molar-refractivity contribution in [2.45, 2.75) is 119 Å². The quantitative estimate of drug-likeness (QED) is 0.153. The van der Waals surface area contributed by atoms with Gasteiger partial charge < -0.3 is 25.3 Å². The Labute approximate surface area is 419 Å². The predicted octanol–water partition coefficient (Wildman–Crippen LogP) is 8.58. The Kier molecular flexibility index (Phi) is 12.0. The first-order valence-corrected chi connectivity index (χ1v) is 26.5. The van der Waals surface area contributed by atoms with Gasteiger partial charge in [-0.15, -0.1) is 0 Å². The molecule has 6 atom stereocenters. The van der Waals surface area contributed by atoms with Crippen LogP contribution < -0.4 is 15.1 Å². The van der Waals surface area contributed by atoms with Crippen molar-refractivity contribution in [2.24, 2.45) is 0 Å². The number of likely N-dealkylation sites (tertiary alicyclic amines) is 1. The minimum atomic E-state index is -0.696. The van der Waals surface area contributed by atoms with Gasteiger partial charge in [-0.25, -0.2) is 0 Å². The van der Waals surface area contributed by atoms with E-state index in [4.69, 9.17) is 0 Å². The summed E-state index contributed by atoms with van der Waals surface area (Å²) in [5.41, 5.74) is 9.99. The number of fused-ring (bicyclic) bond motifs is 8. The molecule has 2 saturated heterocycles. The Bertz CT molecular complexity index is 3030. The fraction of sp³-hybridized carbons (Fsp3) is 0.443. The van der Waals surface area contributed by atoms with Crippen molar-refractivity contribution in [1.82, 2.24) is 20.0 Å². The number of hydrogen-bond donors (Lipinski definition) is 3. The maximum atomic E-state index is 14.1. The van der Waals surface area contributed by atoms with E-state index in [0.29, 0.717) is 38.0 Å². The SMILES string of the molecule is CN1Cc2ccc3c4c(cccc24)CC3N2CCC(CC2)N2C(=O)C(C)(CC(O)C1)c1ccccc12.CNCC(O)CC1(C)C(=O)N(C2CCN(C3Cc4cccc5cccc3c45)CC2)c2ccccc21. The van der Waals surface area contributed by atoms with E-state index in [-0.39, 0.29) is 23.9 Å². The number of hydrogen-bond acceptors (Lipinski definition) is 8. The highest BCUT2D eigenvalue weighted by Crippen LogP contribution is 2.50. The van der Waals surface area contributed by atoms with Gasteiger partial charge in [0.2, 0.25) is 11.8 Å². The number of nitrogens with one attached hydrogen (secondary N) is 1. The predicted molar refractivity (Wildman–Crippen MR) is 284 cm³/mol. The van der Waals surface area contributed by atoms with Crippen LogP contribution in [0.15, 0.2) is 115 Å². The van der Waals surface area contributed by atoms with Gasteiger partial charge in [0.05, 0.1) is 23.0 Å². The normalized spacial score (nSPS) is 28.7. The van der Waals surface area contributed by atoms with Crippen molar-refractivity contribution >= 4 is 44.7 Å². The maximum absolute atomic E-state index is 14.1. The van der Waals surface area contributed by atoms with Crippen molar-refractivity contribution in [2.75, 3.05) is 63.2 Å². The zero-order chi connectivity index (χ0) is 48.8. The molecule has 6 unspecified atom stereocenters. The van der Waals surface area contributed by atoms with Crippen molar-refractivity contribution < 1.29 is 19.8 Å². The number of anilines is 2. The summed E-state index contributed by atoms with van der Waals surface area (Å²) in [7, 11) is 3.91. The molecular formula is C61H70N6O4. The monoisotopic (exact) mass is 951 g/mol. The van der Waals surface area contributed by atoms with Crippen molar-refractivity contribution in [3.8, 4) is 0 Å². The maximum Gasteiger partial charge on any atom is 0.237 e. The van der Waals surface area contributed by atoms with E-state index in [1.807, 2.05) is 45.2 Å². The van der Waals surface area contributed by atoms with Crippen LogP contribution in [0, 0.1) is 0 Å². The molecule has 6 bridgehead atoms. The third-order valence-corrected chi connectivity index (χ3v) is 18.0. The molecule has 0 radical (unpaired) electrons. The van der Waals surface area contributed by atoms with Gasteiger partial charge in [-0.1, -0.05) is 103 Å². The standard InChI is InChI=1S/C31H35N3O2.C30H35N3O2/c1-31-17-23(35)19-32(2)18-21-10-11-25-28(16-20-6-5-7-24(21)29(20)25)33-14-12-22(13-15-33)34(30(31)36)27-9-4-3-8-26(27)31;1-30(18-23(34)19-31-2)25-11-3-4-12-26(25)33(29(30)35)22-13-15-32(16-14-22)27-17-21-9-5-7-20-8-6-10-24(27)28(20)21/h3-11,22-23,28,35H,12-19H2,1-2H3;3-12,22-23,27,31,34H,13-19H2,1-2H3. The summed E-state index contributed by atoms with van der Waals surface area (Å²) in [6.07, 6.45) is 5.78. The number of aliphatic hydroxyl groups is 2. The van der Waals surface area contributed by atoms with E-state index in [0.717, 1.165) is 93.8 Å². The lowest BCUT2D eigenvalue weighted by atomic mass is 9.78. The Morgan fingerprint density at radius 1 is 0.648 bits per heavy atom. The third kappa shape index (κ3) is 7.74. The number of rotatable bonds is 6. The molecule has 10 heteroatoms. The molecule has 8 aliphatic rings. The molecule has 0 spiro atoms. The largest absolute Gasteiger partial charge is 0.392 e. The molecule has 6 heterocycles. The summed E-state index contributed by atoms with van der Waals surface area (Å²) in [5, 5.41) is 30.5. The summed E-state index contributed by atoms with van der Waals surface area (Å²) in [5.74, 6) is 0.306. The number of piperidine rings is 2. The number of carbonyl (C=O) groups excluding carboxylic acids is 2. The summed E-state index contributed by atoms with van der Waals surface area (Å²) >= 11 is 0. The van der Waals surface area contributed by atoms with E-state index in [1.54, 1.807) is 0 Å². The summed E-state index contributed by atoms with van der Waals surface area (Å²) in [6, 6.07) is 42.6. The number of para-hydroxylation sites is 2. The first-order valence-electron chi connectivity index (χ1n) is 26.5. The second-order valence-electron chi connectivity index (χ2n) is 22.5. The molecule has 6 aromatic rings. The minimum absolute atomic E-state index is 0.144. The lowest BCUT2D eigenvalue weighted by molar-refractivity contribution is -0.125. The average Bonchev–Trinajstić information content (AvgIpc) is 4.07. The number of likely N-dealkylation sites (N-methyl/N-ethyl adjacent to an activating group) is 2. The van der Waals surface area contributed by atoms with Crippen LogP contribution >= 0.6 is 0 Å². The molecule has 2 fully saturated rings. The Hall–Kier alpha value is -5.46. The van der Waals surface area contributed by atoms with E-state index < -0.39 is 23.0 Å². The zero-order valence-corrected chi connectivity index (χ0v) is 42.0. The van der Waals surface area contributed by atoms with Gasteiger partial charge in [-0.05, 0) is 152 Å². The Morgan fingerprint density at radius 2 is 1.21 bits per heavy atom. The van der Waals surface area contributed by atoms with E-state index in [9.17, 15) is 19.8 Å². The second kappa shape index (κ2) is 18.2. The zero-order valence-electron chi connectivity index (χ0n) is 42.0. The fourth-order valence-electron chi connectivity index (χ4n) is 14.7. The molecule has 3 N–H and O–H groups in total. The van der Waals surface area contributed by atoms with Crippen LogP contribution in [0.25, 0.3) is 21.5 Å². The number of benzene rings is 6. The highest BCUT2D eigenvalue weighted by Gasteiger charge is 2.52. The molecule has 10 nitrogen and oxygen atoms in total. The molecule has 6 aliphatic heterocycles. The van der Waals surface area contributed by atoms with Gasteiger partial charge in [0.1, 0.15) is 0 Å². The third-order valence-electron chi connectivity index (χ3n) is 18.0. The second-order valence-corrected chi connectivity index (χ2v) is 22.5. The summed E-state index contributed by atoms with van der Waals surface area (Å²) in [6.45, 7) is 9.84. The van der Waals surface area contributed by atoms with E-state index in [2.05, 4.69) is 128 Å². The minimum Gasteiger partial charge on any atom is -0.392 e. The Morgan fingerprint density at radius 3 is 1.87 bits per heavy atom. The van der Waals surface area contributed by atoms with Crippen molar-refractivity contribution in [3.05, 3.63) is 154 Å². The molecule has 0 aromatic heterocycles. The van der Waals surface area contributed by atoms with Crippen LogP contribution in [0.4, 0.5) is 11.4 Å². The molecule has 71 heavy (non-hydrogen) atoms. The van der Waals surface area contributed by atoms with Crippen LogP contribution in [0.2, 0.25) is 0 Å². The molecule has 368 valence electrons. The number of carbonyl (C=O) groups is 2. The van der Waals surface area contributed by atoms with E-state index in [1.165, 1.54) is 49.4 Å². The van der Waals surface area contributed by atoms with Crippen LogP contribution in [-0.4, -0.2) is 114 Å². The van der Waals surface area contributed by atoms with Gasteiger partial charge in [0.15, 0.2) is 0 Å². The molecule has 2 aliphatic carbocycles. The topological polar surface area (TPSA) is 103 Å². The molecule has 14 rings (SSSR count). The lowest BCUT2D eigenvalue weighted by Crippen LogP contribution is -2.50. The summed E-state index contributed by atoms with van der Waals surface area (Å²) in [4.78, 5) is 39.7. The van der Waals surface area contributed by atoms with Crippen molar-refractivity contribution in [1.29, 1.82) is 0 Å². The van der Waals surface area contributed by atoms with E-state index >= 15 is 0 Å². The van der Waals surface area contributed by atoms with Gasteiger partial charge in [0.25, 0.3) is 0 Å². The van der Waals surface area contributed by atoms with Crippen LogP contribution in [0.5, 0.6) is 0 Å². The van der Waals surface area contributed by atoms with Crippen LogP contribution in [-0.2, 0) is 39.8 Å².